The van der Waals surface area contributed by atoms with Crippen molar-refractivity contribution in [1.82, 2.24) is 10.6 Å². The van der Waals surface area contributed by atoms with Crippen molar-refractivity contribution in [2.45, 2.75) is 26.8 Å². The van der Waals surface area contributed by atoms with Gasteiger partial charge in [-0.25, -0.2) is 0 Å². The molecule has 1 heterocycles. The van der Waals surface area contributed by atoms with Crippen LogP contribution in [0.3, 0.4) is 0 Å². The summed E-state index contributed by atoms with van der Waals surface area (Å²) in [4.78, 5) is 12.3. The van der Waals surface area contributed by atoms with Crippen molar-refractivity contribution in [1.29, 1.82) is 0 Å². The van der Waals surface area contributed by atoms with Crippen LogP contribution in [0.25, 0.3) is 0 Å². The fourth-order valence-corrected chi connectivity index (χ4v) is 2.59. The van der Waals surface area contributed by atoms with E-state index in [1.165, 1.54) is 5.56 Å². The van der Waals surface area contributed by atoms with Gasteiger partial charge in [0.15, 0.2) is 0 Å². The number of hydrogen-bond donors (Lipinski definition) is 2. The number of aryl methyl sites for hydroxylation is 3. The average Bonchev–Trinajstić information content (AvgIpc) is 2.36. The molecule has 1 atom stereocenters. The van der Waals surface area contributed by atoms with Gasteiger partial charge in [0, 0.05) is 24.7 Å². The van der Waals surface area contributed by atoms with Crippen LogP contribution in [-0.4, -0.2) is 38.3 Å². The average molecular weight is 262 g/mol. The summed E-state index contributed by atoms with van der Waals surface area (Å²) < 4.78 is 5.37. The second kappa shape index (κ2) is 6.17. The number of rotatable bonds is 3. The van der Waals surface area contributed by atoms with Gasteiger partial charge < -0.3 is 15.4 Å². The molecule has 0 aromatic heterocycles. The maximum absolute atomic E-state index is 12.3. The van der Waals surface area contributed by atoms with Crippen LogP contribution in [-0.2, 0) is 4.74 Å². The van der Waals surface area contributed by atoms with Gasteiger partial charge >= 0.3 is 0 Å². The Bertz CT molecular complexity index is 442. The molecule has 4 nitrogen and oxygen atoms in total. The van der Waals surface area contributed by atoms with Gasteiger partial charge in [0.05, 0.1) is 13.2 Å². The zero-order valence-corrected chi connectivity index (χ0v) is 11.9. The number of hydrogen-bond acceptors (Lipinski definition) is 3. The summed E-state index contributed by atoms with van der Waals surface area (Å²) in [5.41, 5.74) is 4.04. The minimum atomic E-state index is 0.00220. The second-order valence-corrected chi connectivity index (χ2v) is 5.21. The van der Waals surface area contributed by atoms with Crippen molar-refractivity contribution < 1.29 is 9.53 Å². The van der Waals surface area contributed by atoms with Crippen LogP contribution in [0.5, 0.6) is 0 Å². The van der Waals surface area contributed by atoms with E-state index in [1.54, 1.807) is 0 Å². The molecule has 1 aromatic rings. The van der Waals surface area contributed by atoms with Crippen LogP contribution in [0, 0.1) is 20.8 Å². The van der Waals surface area contributed by atoms with Gasteiger partial charge in [-0.2, -0.15) is 0 Å². The van der Waals surface area contributed by atoms with Gasteiger partial charge in [-0.15, -0.1) is 0 Å². The van der Waals surface area contributed by atoms with Gasteiger partial charge in [-0.3, -0.25) is 4.79 Å². The molecule has 0 saturated carbocycles. The maximum Gasteiger partial charge on any atom is 0.251 e. The summed E-state index contributed by atoms with van der Waals surface area (Å²) in [6.07, 6.45) is 0. The van der Waals surface area contributed by atoms with E-state index < -0.39 is 0 Å². The zero-order chi connectivity index (χ0) is 13.8. The van der Waals surface area contributed by atoms with E-state index in [9.17, 15) is 4.79 Å². The largest absolute Gasteiger partial charge is 0.378 e. The first-order valence-corrected chi connectivity index (χ1v) is 6.75. The topological polar surface area (TPSA) is 50.4 Å². The predicted octanol–water partition coefficient (Wildman–Crippen LogP) is 1.33. The standard InChI is InChI=1S/C15H22N2O2/c1-10-6-11(2)14(12(3)7-10)15(18)17-8-13-9-19-5-4-16-13/h6-7,13,16H,4-5,8-9H2,1-3H3,(H,17,18). The number of ether oxygens (including phenoxy) is 1. The van der Waals surface area contributed by atoms with E-state index in [4.69, 9.17) is 4.74 Å². The van der Waals surface area contributed by atoms with E-state index >= 15 is 0 Å². The summed E-state index contributed by atoms with van der Waals surface area (Å²) in [6, 6.07) is 4.30. The number of carbonyl (C=O) groups is 1. The van der Waals surface area contributed by atoms with Crippen LogP contribution >= 0.6 is 0 Å². The Balaban J connectivity index is 1.99. The number of morpholine rings is 1. The second-order valence-electron chi connectivity index (χ2n) is 5.21. The van der Waals surface area contributed by atoms with Crippen molar-refractivity contribution in [2.75, 3.05) is 26.3 Å². The number of carbonyl (C=O) groups excluding carboxylic acids is 1. The number of amides is 1. The fourth-order valence-electron chi connectivity index (χ4n) is 2.59. The van der Waals surface area contributed by atoms with Gasteiger partial charge in [-0.1, -0.05) is 17.7 Å². The number of nitrogens with one attached hydrogen (secondary N) is 2. The third-order valence-electron chi connectivity index (χ3n) is 3.41. The zero-order valence-electron chi connectivity index (χ0n) is 11.9. The fraction of sp³-hybridized carbons (Fsp3) is 0.533. The van der Waals surface area contributed by atoms with E-state index in [1.807, 2.05) is 32.9 Å². The molecule has 104 valence electrons. The maximum atomic E-state index is 12.3. The molecule has 0 spiro atoms. The van der Waals surface area contributed by atoms with Crippen molar-refractivity contribution in [3.05, 3.63) is 34.4 Å². The molecule has 1 amide bonds. The highest BCUT2D eigenvalue weighted by molar-refractivity contribution is 5.97. The Morgan fingerprint density at radius 1 is 1.37 bits per heavy atom. The Hall–Kier alpha value is -1.39. The molecule has 1 saturated heterocycles. The summed E-state index contributed by atoms with van der Waals surface area (Å²) in [5.74, 6) is 0.00220. The predicted molar refractivity (Wildman–Crippen MR) is 75.6 cm³/mol. The smallest absolute Gasteiger partial charge is 0.251 e. The molecule has 4 heteroatoms. The summed E-state index contributed by atoms with van der Waals surface area (Å²) in [7, 11) is 0. The first kappa shape index (κ1) is 14.0. The van der Waals surface area contributed by atoms with Crippen molar-refractivity contribution in [3.63, 3.8) is 0 Å². The monoisotopic (exact) mass is 262 g/mol. The van der Waals surface area contributed by atoms with Crippen LogP contribution in [0.15, 0.2) is 12.1 Å². The lowest BCUT2D eigenvalue weighted by Gasteiger charge is -2.24. The van der Waals surface area contributed by atoms with Gasteiger partial charge in [0.2, 0.25) is 0 Å². The van der Waals surface area contributed by atoms with E-state index in [2.05, 4.69) is 10.6 Å². The lowest BCUT2D eigenvalue weighted by molar-refractivity contribution is 0.0734. The van der Waals surface area contributed by atoms with Crippen LogP contribution in [0.4, 0.5) is 0 Å². The molecule has 1 aromatic carbocycles. The molecule has 2 rings (SSSR count). The molecular formula is C15H22N2O2. The Morgan fingerprint density at radius 3 is 2.63 bits per heavy atom. The van der Waals surface area contributed by atoms with Crippen molar-refractivity contribution >= 4 is 5.91 Å². The third kappa shape index (κ3) is 3.55. The third-order valence-corrected chi connectivity index (χ3v) is 3.41. The molecule has 2 N–H and O–H groups in total. The summed E-state index contributed by atoms with van der Waals surface area (Å²) in [5, 5.41) is 6.31. The minimum absolute atomic E-state index is 0.00220. The normalized spacial score (nSPS) is 19.2. The molecule has 1 unspecified atom stereocenters. The summed E-state index contributed by atoms with van der Waals surface area (Å²) in [6.45, 7) is 8.88. The molecule has 19 heavy (non-hydrogen) atoms. The van der Waals surface area contributed by atoms with Crippen LogP contribution in [0.1, 0.15) is 27.0 Å². The van der Waals surface area contributed by atoms with Crippen molar-refractivity contribution in [2.24, 2.45) is 0 Å². The first-order valence-electron chi connectivity index (χ1n) is 6.75. The lowest BCUT2D eigenvalue weighted by atomic mass is 9.99. The lowest BCUT2D eigenvalue weighted by Crippen LogP contribution is -2.48. The molecule has 0 aliphatic carbocycles. The molecule has 0 radical (unpaired) electrons. The molecule has 1 aliphatic heterocycles. The Kier molecular flexibility index (Phi) is 4.56. The Labute approximate surface area is 114 Å². The molecule has 1 fully saturated rings. The Morgan fingerprint density at radius 2 is 2.05 bits per heavy atom. The van der Waals surface area contributed by atoms with E-state index in [0.717, 1.165) is 29.8 Å². The van der Waals surface area contributed by atoms with E-state index in [0.29, 0.717) is 13.2 Å². The van der Waals surface area contributed by atoms with E-state index in [-0.39, 0.29) is 11.9 Å². The molecule has 1 aliphatic rings. The summed E-state index contributed by atoms with van der Waals surface area (Å²) >= 11 is 0. The van der Waals surface area contributed by atoms with Crippen molar-refractivity contribution in [3.8, 4) is 0 Å². The minimum Gasteiger partial charge on any atom is -0.378 e. The highest BCUT2D eigenvalue weighted by Gasteiger charge is 2.16. The molecule has 0 bridgehead atoms. The van der Waals surface area contributed by atoms with Gasteiger partial charge in [0.1, 0.15) is 0 Å². The quantitative estimate of drug-likeness (QED) is 0.864. The highest BCUT2D eigenvalue weighted by atomic mass is 16.5. The number of benzene rings is 1. The highest BCUT2D eigenvalue weighted by Crippen LogP contribution is 2.16. The molecular weight excluding hydrogens is 240 g/mol. The van der Waals surface area contributed by atoms with Gasteiger partial charge in [-0.05, 0) is 31.9 Å². The SMILES string of the molecule is Cc1cc(C)c(C(=O)NCC2COCCN2)c(C)c1. The van der Waals surface area contributed by atoms with Crippen LogP contribution < -0.4 is 10.6 Å². The first-order chi connectivity index (χ1) is 9.08. The van der Waals surface area contributed by atoms with Crippen LogP contribution in [0.2, 0.25) is 0 Å². The van der Waals surface area contributed by atoms with Gasteiger partial charge in [0.25, 0.3) is 5.91 Å².